The maximum atomic E-state index is 12.5. The van der Waals surface area contributed by atoms with E-state index in [0.29, 0.717) is 11.1 Å². The number of carbonyl (C=O) groups excluding carboxylic acids is 1. The van der Waals surface area contributed by atoms with Crippen molar-refractivity contribution in [2.24, 2.45) is 0 Å². The summed E-state index contributed by atoms with van der Waals surface area (Å²) >= 11 is 3.49. The Labute approximate surface area is 141 Å². The Morgan fingerprint density at radius 2 is 1.65 bits per heavy atom. The summed E-state index contributed by atoms with van der Waals surface area (Å²) in [6.07, 6.45) is 3.07. The monoisotopic (exact) mass is 368 g/mol. The molecule has 3 aromatic rings. The highest BCUT2D eigenvalue weighted by molar-refractivity contribution is 9.10. The lowest BCUT2D eigenvalue weighted by Gasteiger charge is -2.05. The highest BCUT2D eigenvalue weighted by Crippen LogP contribution is 2.28. The summed E-state index contributed by atoms with van der Waals surface area (Å²) in [5.41, 5.74) is 1.25. The molecule has 0 amide bonds. The van der Waals surface area contributed by atoms with Crippen LogP contribution in [-0.4, -0.2) is 16.0 Å². The largest absolute Gasteiger partial charge is 0.504 e. The summed E-state index contributed by atoms with van der Waals surface area (Å²) in [6, 6.07) is 15.7. The molecule has 0 spiro atoms. The van der Waals surface area contributed by atoms with Gasteiger partial charge in [-0.15, -0.1) is 0 Å². The number of allylic oxidation sites excluding steroid dienone is 1. The van der Waals surface area contributed by atoms with Crippen molar-refractivity contribution in [1.29, 1.82) is 0 Å². The molecule has 0 bridgehead atoms. The van der Waals surface area contributed by atoms with Gasteiger partial charge < -0.3 is 10.2 Å². The molecule has 0 heterocycles. The van der Waals surface area contributed by atoms with Crippen molar-refractivity contribution in [3.63, 3.8) is 0 Å². The van der Waals surface area contributed by atoms with Crippen LogP contribution in [0.5, 0.6) is 11.5 Å². The van der Waals surface area contributed by atoms with Gasteiger partial charge in [-0.25, -0.2) is 0 Å². The molecule has 0 saturated heterocycles. The van der Waals surface area contributed by atoms with Gasteiger partial charge in [-0.2, -0.15) is 0 Å². The first-order chi connectivity index (χ1) is 11.1. The predicted molar refractivity (Wildman–Crippen MR) is 94.8 cm³/mol. The van der Waals surface area contributed by atoms with Crippen molar-refractivity contribution in [3.8, 4) is 11.5 Å². The van der Waals surface area contributed by atoms with Crippen molar-refractivity contribution < 1.29 is 15.0 Å². The Morgan fingerprint density at radius 3 is 2.39 bits per heavy atom. The van der Waals surface area contributed by atoms with E-state index in [9.17, 15) is 15.0 Å². The quantitative estimate of drug-likeness (QED) is 0.392. The number of hydrogen-bond acceptors (Lipinski definition) is 3. The number of ketones is 1. The maximum absolute atomic E-state index is 12.5. The molecule has 0 aromatic heterocycles. The van der Waals surface area contributed by atoms with E-state index in [1.165, 1.54) is 18.2 Å². The molecule has 23 heavy (non-hydrogen) atoms. The summed E-state index contributed by atoms with van der Waals surface area (Å²) in [7, 11) is 0. The highest BCUT2D eigenvalue weighted by Gasteiger charge is 2.09. The lowest BCUT2D eigenvalue weighted by molar-refractivity contribution is 0.104. The average molecular weight is 369 g/mol. The minimum Gasteiger partial charge on any atom is -0.504 e. The van der Waals surface area contributed by atoms with Gasteiger partial charge in [0.05, 0.1) is 0 Å². The number of benzene rings is 3. The van der Waals surface area contributed by atoms with Gasteiger partial charge >= 0.3 is 0 Å². The third-order valence-electron chi connectivity index (χ3n) is 3.56. The highest BCUT2D eigenvalue weighted by atomic mass is 79.9. The number of hydrogen-bond donors (Lipinski definition) is 2. The number of halogens is 1. The van der Waals surface area contributed by atoms with Crippen LogP contribution in [0.1, 0.15) is 15.9 Å². The van der Waals surface area contributed by atoms with Crippen molar-refractivity contribution in [2.45, 2.75) is 0 Å². The lowest BCUT2D eigenvalue weighted by atomic mass is 10.0. The van der Waals surface area contributed by atoms with Gasteiger partial charge in [0, 0.05) is 10.0 Å². The van der Waals surface area contributed by atoms with Crippen molar-refractivity contribution >= 4 is 38.6 Å². The van der Waals surface area contributed by atoms with E-state index in [-0.39, 0.29) is 17.3 Å². The van der Waals surface area contributed by atoms with Gasteiger partial charge in [-0.05, 0) is 46.7 Å². The summed E-state index contributed by atoms with van der Waals surface area (Å²) < 4.78 is 0.942. The second kappa shape index (κ2) is 6.26. The third-order valence-corrected chi connectivity index (χ3v) is 4.25. The molecule has 0 aliphatic carbocycles. The molecule has 0 saturated carbocycles. The smallest absolute Gasteiger partial charge is 0.186 e. The predicted octanol–water partition coefficient (Wildman–Crippen LogP) is 4.91. The number of phenols is 2. The molecule has 0 atom stereocenters. The number of aromatic hydroxyl groups is 2. The van der Waals surface area contributed by atoms with Gasteiger partial charge in [0.2, 0.25) is 0 Å². The molecular formula is C19H13BrO3. The zero-order chi connectivity index (χ0) is 16.4. The molecule has 2 N–H and O–H groups in total. The van der Waals surface area contributed by atoms with E-state index in [0.717, 1.165) is 15.2 Å². The Kier molecular flexibility index (Phi) is 4.17. The minimum absolute atomic E-state index is 0.124. The Hall–Kier alpha value is -2.59. The zero-order valence-electron chi connectivity index (χ0n) is 12.0. The summed E-state index contributed by atoms with van der Waals surface area (Å²) in [5.74, 6) is -0.526. The van der Waals surface area contributed by atoms with Crippen LogP contribution in [0.15, 0.2) is 65.1 Å². The number of fused-ring (bicyclic) bond motifs is 1. The molecule has 4 heteroatoms. The first-order valence-corrected chi connectivity index (χ1v) is 7.77. The molecule has 0 aliphatic rings. The number of rotatable bonds is 3. The molecule has 0 unspecified atom stereocenters. The summed E-state index contributed by atoms with van der Waals surface area (Å²) in [5, 5.41) is 20.6. The minimum atomic E-state index is -0.214. The SMILES string of the molecule is O=C(/C=C\c1ccc(O)c(O)c1)c1ccc(Br)c2ccccc12. The second-order valence-electron chi connectivity index (χ2n) is 5.09. The Bertz CT molecular complexity index is 929. The molecule has 3 aromatic carbocycles. The molecule has 0 fully saturated rings. The molecule has 0 aliphatic heterocycles. The number of carbonyl (C=O) groups is 1. The van der Waals surface area contributed by atoms with E-state index < -0.39 is 0 Å². The Balaban J connectivity index is 1.96. The van der Waals surface area contributed by atoms with Crippen LogP contribution < -0.4 is 0 Å². The Morgan fingerprint density at radius 1 is 0.913 bits per heavy atom. The maximum Gasteiger partial charge on any atom is 0.186 e. The van der Waals surface area contributed by atoms with Crippen LogP contribution in [-0.2, 0) is 0 Å². The second-order valence-corrected chi connectivity index (χ2v) is 5.94. The van der Waals surface area contributed by atoms with Gasteiger partial charge in [0.1, 0.15) is 0 Å². The van der Waals surface area contributed by atoms with E-state index in [1.54, 1.807) is 18.2 Å². The molecule has 0 radical (unpaired) electrons. The van der Waals surface area contributed by atoms with Crippen LogP contribution in [0.2, 0.25) is 0 Å². The fourth-order valence-electron chi connectivity index (χ4n) is 2.38. The van der Waals surface area contributed by atoms with Crippen molar-refractivity contribution in [3.05, 3.63) is 76.3 Å². The average Bonchev–Trinajstić information content (AvgIpc) is 2.56. The molecule has 3 nitrogen and oxygen atoms in total. The topological polar surface area (TPSA) is 57.5 Å². The summed E-state index contributed by atoms with van der Waals surface area (Å²) in [4.78, 5) is 12.5. The van der Waals surface area contributed by atoms with Gasteiger partial charge in [0.15, 0.2) is 17.3 Å². The fourth-order valence-corrected chi connectivity index (χ4v) is 2.86. The van der Waals surface area contributed by atoms with Crippen LogP contribution in [0, 0.1) is 0 Å². The fraction of sp³-hybridized carbons (Fsp3) is 0. The van der Waals surface area contributed by atoms with Crippen LogP contribution in [0.3, 0.4) is 0 Å². The van der Waals surface area contributed by atoms with Crippen LogP contribution in [0.4, 0.5) is 0 Å². The van der Waals surface area contributed by atoms with Crippen LogP contribution in [0.25, 0.3) is 16.8 Å². The van der Waals surface area contributed by atoms with Gasteiger partial charge in [0.25, 0.3) is 0 Å². The number of phenolic OH excluding ortho intramolecular Hbond substituents is 2. The standard InChI is InChI=1S/C19H13BrO3/c20-16-8-7-15(13-3-1-2-4-14(13)16)17(21)9-5-12-6-10-18(22)19(23)11-12/h1-11,22-23H/b9-5-. The van der Waals surface area contributed by atoms with E-state index >= 15 is 0 Å². The van der Waals surface area contributed by atoms with Crippen molar-refractivity contribution in [2.75, 3.05) is 0 Å². The van der Waals surface area contributed by atoms with Crippen molar-refractivity contribution in [1.82, 2.24) is 0 Å². The third kappa shape index (κ3) is 3.12. The van der Waals surface area contributed by atoms with Gasteiger partial charge in [-0.1, -0.05) is 52.3 Å². The van der Waals surface area contributed by atoms with E-state index in [1.807, 2.05) is 30.3 Å². The molecule has 114 valence electrons. The normalized spacial score (nSPS) is 11.2. The first-order valence-electron chi connectivity index (χ1n) is 6.98. The van der Waals surface area contributed by atoms with Gasteiger partial charge in [-0.3, -0.25) is 4.79 Å². The lowest BCUT2D eigenvalue weighted by Crippen LogP contribution is -1.96. The van der Waals surface area contributed by atoms with Crippen LogP contribution >= 0.6 is 15.9 Å². The molecule has 3 rings (SSSR count). The molecular weight excluding hydrogens is 356 g/mol. The van der Waals surface area contributed by atoms with E-state index in [4.69, 9.17) is 0 Å². The first kappa shape index (κ1) is 15.3. The van der Waals surface area contributed by atoms with E-state index in [2.05, 4.69) is 15.9 Å². The summed E-state index contributed by atoms with van der Waals surface area (Å²) in [6.45, 7) is 0. The zero-order valence-corrected chi connectivity index (χ0v) is 13.6.